The van der Waals surface area contributed by atoms with Gasteiger partial charge in [0.2, 0.25) is 0 Å². The Morgan fingerprint density at radius 3 is 2.30 bits per heavy atom. The molecule has 1 heterocycles. The fourth-order valence-corrected chi connectivity index (χ4v) is 2.94. The van der Waals surface area contributed by atoms with E-state index in [1.807, 2.05) is 51.1 Å². The van der Waals surface area contributed by atoms with Crippen molar-refractivity contribution in [1.29, 1.82) is 0 Å². The minimum Gasteiger partial charge on any atom is -0.491 e. The van der Waals surface area contributed by atoms with Crippen LogP contribution in [0.3, 0.4) is 0 Å². The second-order valence-electron chi connectivity index (χ2n) is 8.07. The summed E-state index contributed by atoms with van der Waals surface area (Å²) < 4.78 is 5.83. The minimum atomic E-state index is -0.308. The van der Waals surface area contributed by atoms with E-state index in [4.69, 9.17) is 4.74 Å². The number of para-hydroxylation sites is 1. The molecule has 156 valence electrons. The molecule has 0 atom stereocenters. The van der Waals surface area contributed by atoms with E-state index >= 15 is 0 Å². The molecule has 2 aromatic carbocycles. The number of nitrogens with zero attached hydrogens (tertiary/aromatic N) is 1. The van der Waals surface area contributed by atoms with Crippen LogP contribution in [0.1, 0.15) is 47.9 Å². The Morgan fingerprint density at radius 1 is 0.933 bits per heavy atom. The van der Waals surface area contributed by atoms with E-state index in [2.05, 4.69) is 15.6 Å². The van der Waals surface area contributed by atoms with Crippen molar-refractivity contribution in [3.05, 3.63) is 71.9 Å². The van der Waals surface area contributed by atoms with Gasteiger partial charge in [0, 0.05) is 34.8 Å². The molecular weight excluding hydrogens is 378 g/mol. The number of hydrogen-bond acceptors (Lipinski definition) is 4. The van der Waals surface area contributed by atoms with Crippen LogP contribution in [0.5, 0.6) is 5.75 Å². The van der Waals surface area contributed by atoms with Crippen molar-refractivity contribution in [3.8, 4) is 5.75 Å². The number of hydrogen-bond donors (Lipinski definition) is 2. The molecule has 0 aliphatic carbocycles. The normalized spacial score (nSPS) is 11.2. The number of ether oxygens (including phenoxy) is 1. The summed E-state index contributed by atoms with van der Waals surface area (Å²) in [6.45, 7) is 6.73. The molecule has 2 amide bonds. The molecule has 0 spiro atoms. The van der Waals surface area contributed by atoms with Gasteiger partial charge in [0.25, 0.3) is 11.8 Å². The quantitative estimate of drug-likeness (QED) is 0.583. The largest absolute Gasteiger partial charge is 0.491 e. The highest BCUT2D eigenvalue weighted by Crippen LogP contribution is 2.22. The maximum absolute atomic E-state index is 12.3. The molecule has 0 fully saturated rings. The van der Waals surface area contributed by atoms with Crippen LogP contribution in [0.15, 0.2) is 60.8 Å². The fourth-order valence-electron chi connectivity index (χ4n) is 2.94. The average Bonchev–Trinajstić information content (AvgIpc) is 2.72. The average molecular weight is 405 g/mol. The predicted molar refractivity (Wildman–Crippen MR) is 118 cm³/mol. The molecule has 0 saturated heterocycles. The van der Waals surface area contributed by atoms with Crippen LogP contribution in [0.25, 0.3) is 10.9 Å². The van der Waals surface area contributed by atoms with E-state index in [1.54, 1.807) is 30.5 Å². The third kappa shape index (κ3) is 5.80. The highest BCUT2D eigenvalue weighted by atomic mass is 16.5. The first-order chi connectivity index (χ1) is 14.3. The van der Waals surface area contributed by atoms with Gasteiger partial charge < -0.3 is 15.4 Å². The van der Waals surface area contributed by atoms with Crippen molar-refractivity contribution in [1.82, 2.24) is 15.6 Å². The predicted octanol–water partition coefficient (Wildman–Crippen LogP) is 3.96. The number of amides is 2. The van der Waals surface area contributed by atoms with Gasteiger partial charge >= 0.3 is 0 Å². The zero-order valence-corrected chi connectivity index (χ0v) is 17.6. The maximum Gasteiger partial charge on any atom is 0.251 e. The zero-order chi connectivity index (χ0) is 21.6. The van der Waals surface area contributed by atoms with Crippen molar-refractivity contribution >= 4 is 22.7 Å². The van der Waals surface area contributed by atoms with Crippen molar-refractivity contribution in [2.24, 2.45) is 0 Å². The lowest BCUT2D eigenvalue weighted by atomic mass is 10.1. The van der Waals surface area contributed by atoms with Gasteiger partial charge in [-0.15, -0.1) is 0 Å². The van der Waals surface area contributed by atoms with Crippen LogP contribution in [-0.4, -0.2) is 35.5 Å². The first-order valence-electron chi connectivity index (χ1n) is 10.0. The molecule has 2 N–H and O–H groups in total. The maximum atomic E-state index is 12.3. The van der Waals surface area contributed by atoms with Crippen LogP contribution in [-0.2, 0) is 0 Å². The highest BCUT2D eigenvalue weighted by molar-refractivity contribution is 5.98. The summed E-state index contributed by atoms with van der Waals surface area (Å²) in [6.07, 6.45) is 2.41. The van der Waals surface area contributed by atoms with E-state index < -0.39 is 0 Å². The monoisotopic (exact) mass is 405 g/mol. The first kappa shape index (κ1) is 21.3. The Kier molecular flexibility index (Phi) is 6.67. The zero-order valence-electron chi connectivity index (χ0n) is 17.6. The molecular formula is C24H27N3O3. The summed E-state index contributed by atoms with van der Waals surface area (Å²) in [5, 5.41) is 6.80. The second kappa shape index (κ2) is 9.39. The molecule has 0 aliphatic heterocycles. The fraction of sp³-hybridized carbons (Fsp3) is 0.292. The molecule has 6 heteroatoms. The summed E-state index contributed by atoms with van der Waals surface area (Å²) in [4.78, 5) is 28.8. The highest BCUT2D eigenvalue weighted by Gasteiger charge is 2.15. The van der Waals surface area contributed by atoms with Crippen molar-refractivity contribution in [2.75, 3.05) is 13.2 Å². The number of carbonyl (C=O) groups excluding carboxylic acids is 2. The van der Waals surface area contributed by atoms with E-state index in [0.717, 1.165) is 16.7 Å². The summed E-state index contributed by atoms with van der Waals surface area (Å²) in [7, 11) is 0. The van der Waals surface area contributed by atoms with Gasteiger partial charge in [-0.1, -0.05) is 18.2 Å². The SMILES string of the molecule is CC(C)(C)NC(=O)c1ccc(C(=O)NCCCOc2cccc3cccnc23)cc1. The number of pyridine rings is 1. The molecule has 6 nitrogen and oxygen atoms in total. The van der Waals surface area contributed by atoms with E-state index in [0.29, 0.717) is 30.7 Å². The lowest BCUT2D eigenvalue weighted by molar-refractivity contribution is 0.0915. The molecule has 0 radical (unpaired) electrons. The van der Waals surface area contributed by atoms with Gasteiger partial charge in [-0.2, -0.15) is 0 Å². The third-order valence-electron chi connectivity index (χ3n) is 4.36. The van der Waals surface area contributed by atoms with Crippen LogP contribution in [0.4, 0.5) is 0 Å². The lowest BCUT2D eigenvalue weighted by Crippen LogP contribution is -2.40. The minimum absolute atomic E-state index is 0.158. The molecule has 0 bridgehead atoms. The number of nitrogens with one attached hydrogen (secondary N) is 2. The smallest absolute Gasteiger partial charge is 0.251 e. The van der Waals surface area contributed by atoms with Gasteiger partial charge in [0.15, 0.2) is 0 Å². The molecule has 0 saturated carbocycles. The lowest BCUT2D eigenvalue weighted by Gasteiger charge is -2.20. The molecule has 0 aliphatic rings. The second-order valence-corrected chi connectivity index (χ2v) is 8.07. The van der Waals surface area contributed by atoms with Crippen molar-refractivity contribution < 1.29 is 14.3 Å². The Balaban J connectivity index is 1.45. The Labute approximate surface area is 176 Å². The van der Waals surface area contributed by atoms with Gasteiger partial charge in [0.1, 0.15) is 11.3 Å². The van der Waals surface area contributed by atoms with Crippen LogP contribution >= 0.6 is 0 Å². The number of carbonyl (C=O) groups is 2. The van der Waals surface area contributed by atoms with Gasteiger partial charge in [0.05, 0.1) is 6.61 Å². The summed E-state index contributed by atoms with van der Waals surface area (Å²) in [5.41, 5.74) is 1.57. The standard InChI is InChI=1S/C24H27N3O3/c1-24(2,3)27-23(29)19-12-10-18(11-13-19)22(28)26-15-6-16-30-20-9-4-7-17-8-5-14-25-21(17)20/h4-5,7-14H,6,15-16H2,1-3H3,(H,26,28)(H,27,29). The Hall–Kier alpha value is -3.41. The van der Waals surface area contributed by atoms with Crippen LogP contribution in [0.2, 0.25) is 0 Å². The molecule has 1 aromatic heterocycles. The Bertz CT molecular complexity index is 1020. The van der Waals surface area contributed by atoms with E-state index in [9.17, 15) is 9.59 Å². The molecule has 0 unspecified atom stereocenters. The molecule has 30 heavy (non-hydrogen) atoms. The van der Waals surface area contributed by atoms with E-state index in [-0.39, 0.29) is 17.4 Å². The summed E-state index contributed by atoms with van der Waals surface area (Å²) >= 11 is 0. The van der Waals surface area contributed by atoms with Crippen molar-refractivity contribution in [3.63, 3.8) is 0 Å². The topological polar surface area (TPSA) is 80.3 Å². The van der Waals surface area contributed by atoms with Gasteiger partial charge in [-0.3, -0.25) is 14.6 Å². The summed E-state index contributed by atoms with van der Waals surface area (Å²) in [5.74, 6) is 0.405. The van der Waals surface area contributed by atoms with Crippen LogP contribution in [0, 0.1) is 0 Å². The molecule has 3 aromatic rings. The molecule has 3 rings (SSSR count). The summed E-state index contributed by atoms with van der Waals surface area (Å²) in [6, 6.07) is 16.3. The van der Waals surface area contributed by atoms with Crippen LogP contribution < -0.4 is 15.4 Å². The number of benzene rings is 2. The third-order valence-corrected chi connectivity index (χ3v) is 4.36. The first-order valence-corrected chi connectivity index (χ1v) is 10.0. The Morgan fingerprint density at radius 2 is 1.60 bits per heavy atom. The van der Waals surface area contributed by atoms with Crippen molar-refractivity contribution in [2.45, 2.75) is 32.7 Å². The van der Waals surface area contributed by atoms with Gasteiger partial charge in [-0.25, -0.2) is 0 Å². The number of fused-ring (bicyclic) bond motifs is 1. The van der Waals surface area contributed by atoms with E-state index in [1.165, 1.54) is 0 Å². The number of rotatable bonds is 7. The van der Waals surface area contributed by atoms with Gasteiger partial charge in [-0.05, 0) is 63.6 Å². The number of aromatic nitrogens is 1.